The number of benzene rings is 1. The first-order chi connectivity index (χ1) is 11.5. The number of carbonyl (C=O) groups excluding carboxylic acids is 1. The van der Waals surface area contributed by atoms with Crippen molar-refractivity contribution in [2.75, 3.05) is 5.73 Å². The maximum Gasteiger partial charge on any atom is 0.273 e. The van der Waals surface area contributed by atoms with Gasteiger partial charge in [-0.2, -0.15) is 0 Å². The topological polar surface area (TPSA) is 59.2 Å². The minimum Gasteiger partial charge on any atom is -0.375 e. The van der Waals surface area contributed by atoms with Gasteiger partial charge in [0, 0.05) is 17.5 Å². The molecule has 2 aliphatic heterocycles. The lowest BCUT2D eigenvalue weighted by Crippen LogP contribution is -2.46. The van der Waals surface area contributed by atoms with Crippen molar-refractivity contribution in [3.63, 3.8) is 0 Å². The van der Waals surface area contributed by atoms with E-state index >= 15 is 0 Å². The fourth-order valence-corrected chi connectivity index (χ4v) is 4.76. The van der Waals surface area contributed by atoms with E-state index in [1.54, 1.807) is 18.4 Å². The summed E-state index contributed by atoms with van der Waals surface area (Å²) >= 11 is 1.30. The SMILES string of the molecule is Cc1cc(C2C[C@H]3CC[C@@H](C2)N3C(=O)c2csc(N)n2)ccc1F. The number of thiazole rings is 1. The van der Waals surface area contributed by atoms with Crippen LogP contribution in [0.1, 0.15) is 53.2 Å². The number of halogens is 1. The summed E-state index contributed by atoms with van der Waals surface area (Å²) in [5, 5.41) is 2.18. The van der Waals surface area contributed by atoms with Gasteiger partial charge < -0.3 is 10.6 Å². The van der Waals surface area contributed by atoms with Gasteiger partial charge in [-0.05, 0) is 55.7 Å². The van der Waals surface area contributed by atoms with Crippen molar-refractivity contribution in [2.45, 2.75) is 50.6 Å². The molecule has 2 aliphatic rings. The molecular weight excluding hydrogens is 325 g/mol. The molecule has 1 amide bonds. The highest BCUT2D eigenvalue weighted by molar-refractivity contribution is 7.13. The Kier molecular flexibility index (Phi) is 3.79. The molecule has 126 valence electrons. The van der Waals surface area contributed by atoms with E-state index in [4.69, 9.17) is 5.73 Å². The highest BCUT2D eigenvalue weighted by atomic mass is 32.1. The molecule has 0 spiro atoms. The molecule has 4 rings (SSSR count). The number of anilines is 1. The quantitative estimate of drug-likeness (QED) is 0.902. The summed E-state index contributed by atoms with van der Waals surface area (Å²) in [5.41, 5.74) is 8.01. The van der Waals surface area contributed by atoms with E-state index < -0.39 is 0 Å². The first kappa shape index (κ1) is 15.6. The highest BCUT2D eigenvalue weighted by Crippen LogP contribution is 2.44. The third kappa shape index (κ3) is 2.59. The second-order valence-electron chi connectivity index (χ2n) is 6.85. The van der Waals surface area contributed by atoms with E-state index in [0.29, 0.717) is 22.3 Å². The van der Waals surface area contributed by atoms with Gasteiger partial charge in [0.15, 0.2) is 5.13 Å². The van der Waals surface area contributed by atoms with Gasteiger partial charge in [-0.15, -0.1) is 11.3 Å². The standard InChI is InChI=1S/C18H20FN3OS/c1-10-6-11(2-5-15(10)19)12-7-13-3-4-14(8-12)22(13)17(23)16-9-24-18(20)21-16/h2,5-6,9,12-14H,3-4,7-8H2,1H3,(H2,20,21)/t12?,13-,14+. The van der Waals surface area contributed by atoms with Crippen LogP contribution in [0.3, 0.4) is 0 Å². The van der Waals surface area contributed by atoms with Gasteiger partial charge in [0.1, 0.15) is 11.5 Å². The molecule has 2 N–H and O–H groups in total. The molecule has 2 bridgehead atoms. The number of carbonyl (C=O) groups is 1. The van der Waals surface area contributed by atoms with E-state index in [-0.39, 0.29) is 23.8 Å². The lowest BCUT2D eigenvalue weighted by atomic mass is 9.84. The highest BCUT2D eigenvalue weighted by Gasteiger charge is 2.44. The Morgan fingerprint density at radius 1 is 1.33 bits per heavy atom. The molecule has 3 atom stereocenters. The minimum absolute atomic E-state index is 0.00388. The fraction of sp³-hybridized carbons (Fsp3) is 0.444. The Labute approximate surface area is 144 Å². The number of nitrogen functional groups attached to an aromatic ring is 1. The van der Waals surface area contributed by atoms with Crippen molar-refractivity contribution in [2.24, 2.45) is 0 Å². The van der Waals surface area contributed by atoms with E-state index in [1.165, 1.54) is 16.9 Å². The Morgan fingerprint density at radius 2 is 2.04 bits per heavy atom. The van der Waals surface area contributed by atoms with Gasteiger partial charge >= 0.3 is 0 Å². The smallest absolute Gasteiger partial charge is 0.273 e. The minimum atomic E-state index is -0.157. The van der Waals surface area contributed by atoms with E-state index in [0.717, 1.165) is 25.7 Å². The molecule has 1 aromatic heterocycles. The number of rotatable bonds is 2. The number of hydrogen-bond donors (Lipinski definition) is 1. The van der Waals surface area contributed by atoms with Gasteiger partial charge in [-0.25, -0.2) is 9.37 Å². The van der Waals surface area contributed by atoms with E-state index in [9.17, 15) is 9.18 Å². The second-order valence-corrected chi connectivity index (χ2v) is 7.74. The van der Waals surface area contributed by atoms with Gasteiger partial charge in [0.25, 0.3) is 5.91 Å². The summed E-state index contributed by atoms with van der Waals surface area (Å²) in [6, 6.07) is 5.90. The lowest BCUT2D eigenvalue weighted by Gasteiger charge is -2.39. The first-order valence-corrected chi connectivity index (χ1v) is 9.20. The zero-order valence-electron chi connectivity index (χ0n) is 13.5. The molecule has 2 aromatic rings. The Morgan fingerprint density at radius 3 is 2.62 bits per heavy atom. The van der Waals surface area contributed by atoms with Crippen LogP contribution in [0, 0.1) is 12.7 Å². The van der Waals surface area contributed by atoms with Crippen molar-refractivity contribution in [1.82, 2.24) is 9.88 Å². The zero-order valence-corrected chi connectivity index (χ0v) is 14.4. The van der Waals surface area contributed by atoms with Crippen molar-refractivity contribution >= 4 is 22.4 Å². The average Bonchev–Trinajstić information content (AvgIpc) is 3.10. The normalized spacial score (nSPS) is 25.9. The maximum absolute atomic E-state index is 13.5. The molecule has 4 nitrogen and oxygen atoms in total. The molecule has 6 heteroatoms. The molecule has 2 saturated heterocycles. The van der Waals surface area contributed by atoms with Crippen LogP contribution in [0.2, 0.25) is 0 Å². The van der Waals surface area contributed by atoms with E-state index in [1.807, 2.05) is 17.0 Å². The summed E-state index contributed by atoms with van der Waals surface area (Å²) in [7, 11) is 0. The maximum atomic E-state index is 13.5. The van der Waals surface area contributed by atoms with Crippen molar-refractivity contribution < 1.29 is 9.18 Å². The van der Waals surface area contributed by atoms with E-state index in [2.05, 4.69) is 4.98 Å². The molecule has 0 radical (unpaired) electrons. The summed E-state index contributed by atoms with van der Waals surface area (Å²) in [4.78, 5) is 18.9. The summed E-state index contributed by atoms with van der Waals surface area (Å²) in [6.07, 6.45) is 3.94. The number of fused-ring (bicyclic) bond motifs is 2. The van der Waals surface area contributed by atoms with Crippen molar-refractivity contribution in [3.05, 3.63) is 46.2 Å². The van der Waals surface area contributed by atoms with Crippen LogP contribution < -0.4 is 5.73 Å². The number of nitrogens with zero attached hydrogens (tertiary/aromatic N) is 2. The number of aromatic nitrogens is 1. The molecule has 1 aromatic carbocycles. The lowest BCUT2D eigenvalue weighted by molar-refractivity contribution is 0.0566. The van der Waals surface area contributed by atoms with Crippen LogP contribution in [0.15, 0.2) is 23.6 Å². The second kappa shape index (κ2) is 5.84. The third-order valence-corrected chi connectivity index (χ3v) is 6.04. The molecular formula is C18H20FN3OS. The number of hydrogen-bond acceptors (Lipinski definition) is 4. The average molecular weight is 345 g/mol. The summed E-state index contributed by atoms with van der Waals surface area (Å²) < 4.78 is 13.5. The number of piperidine rings is 1. The van der Waals surface area contributed by atoms with Crippen LogP contribution in [0.4, 0.5) is 9.52 Å². The molecule has 0 aliphatic carbocycles. The van der Waals surface area contributed by atoms with Crippen LogP contribution in [0.5, 0.6) is 0 Å². The predicted molar refractivity (Wildman–Crippen MR) is 92.6 cm³/mol. The Bertz CT molecular complexity index is 776. The number of nitrogens with two attached hydrogens (primary N) is 1. The van der Waals surface area contributed by atoms with Crippen molar-refractivity contribution in [1.29, 1.82) is 0 Å². The first-order valence-electron chi connectivity index (χ1n) is 8.32. The van der Waals surface area contributed by atoms with Crippen LogP contribution >= 0.6 is 11.3 Å². The van der Waals surface area contributed by atoms with Crippen LogP contribution in [-0.2, 0) is 0 Å². The van der Waals surface area contributed by atoms with Crippen LogP contribution in [-0.4, -0.2) is 27.9 Å². The van der Waals surface area contributed by atoms with Crippen LogP contribution in [0.25, 0.3) is 0 Å². The van der Waals surface area contributed by atoms with Gasteiger partial charge in [0.2, 0.25) is 0 Å². The third-order valence-electron chi connectivity index (χ3n) is 5.36. The van der Waals surface area contributed by atoms with Gasteiger partial charge in [0.05, 0.1) is 0 Å². The predicted octanol–water partition coefficient (Wildman–Crippen LogP) is 3.72. The molecule has 0 saturated carbocycles. The molecule has 2 fully saturated rings. The largest absolute Gasteiger partial charge is 0.375 e. The summed E-state index contributed by atoms with van der Waals surface area (Å²) in [5.74, 6) is 0.242. The molecule has 24 heavy (non-hydrogen) atoms. The number of aryl methyl sites for hydroxylation is 1. The zero-order chi connectivity index (χ0) is 16.8. The van der Waals surface area contributed by atoms with Gasteiger partial charge in [-0.1, -0.05) is 12.1 Å². The monoisotopic (exact) mass is 345 g/mol. The van der Waals surface area contributed by atoms with Crippen molar-refractivity contribution in [3.8, 4) is 0 Å². The molecule has 1 unspecified atom stereocenters. The number of amides is 1. The Hall–Kier alpha value is -1.95. The Balaban J connectivity index is 1.55. The summed E-state index contributed by atoms with van der Waals surface area (Å²) in [6.45, 7) is 1.80. The van der Waals surface area contributed by atoms with Gasteiger partial charge in [-0.3, -0.25) is 4.79 Å². The molecule has 3 heterocycles. The fourth-order valence-electron chi connectivity index (χ4n) is 4.22.